The van der Waals surface area contributed by atoms with Gasteiger partial charge >= 0.3 is 0 Å². The second-order valence-corrected chi connectivity index (χ2v) is 3.44. The molecule has 3 nitrogen and oxygen atoms in total. The summed E-state index contributed by atoms with van der Waals surface area (Å²) in [5.74, 6) is 1.50. The van der Waals surface area contributed by atoms with Crippen molar-refractivity contribution in [3.05, 3.63) is 11.8 Å². The van der Waals surface area contributed by atoms with Gasteiger partial charge in [-0.15, -0.1) is 0 Å². The third-order valence-electron chi connectivity index (χ3n) is 1.65. The van der Waals surface area contributed by atoms with Gasteiger partial charge in [-0.3, -0.25) is 0 Å². The SMILES string of the molecule is Cc1cc(NCCC(C)C)on1. The number of hydrogen-bond acceptors (Lipinski definition) is 3. The Labute approximate surface area is 73.1 Å². The largest absolute Gasteiger partial charge is 0.354 e. The summed E-state index contributed by atoms with van der Waals surface area (Å²) >= 11 is 0. The van der Waals surface area contributed by atoms with Crippen molar-refractivity contribution in [3.63, 3.8) is 0 Å². The van der Waals surface area contributed by atoms with E-state index in [4.69, 9.17) is 4.52 Å². The molecule has 0 atom stereocenters. The molecule has 68 valence electrons. The van der Waals surface area contributed by atoms with Gasteiger partial charge in [0.1, 0.15) is 0 Å². The molecule has 0 aliphatic carbocycles. The quantitative estimate of drug-likeness (QED) is 0.750. The lowest BCUT2D eigenvalue weighted by Crippen LogP contribution is -2.03. The van der Waals surface area contributed by atoms with Gasteiger partial charge < -0.3 is 9.84 Å². The first-order chi connectivity index (χ1) is 5.68. The average molecular weight is 168 g/mol. The summed E-state index contributed by atoms with van der Waals surface area (Å²) in [5, 5.41) is 6.94. The van der Waals surface area contributed by atoms with E-state index in [0.29, 0.717) is 0 Å². The molecule has 0 saturated heterocycles. The minimum absolute atomic E-state index is 0.724. The Morgan fingerprint density at radius 1 is 1.58 bits per heavy atom. The molecule has 0 aliphatic heterocycles. The van der Waals surface area contributed by atoms with Crippen LogP contribution in [-0.2, 0) is 0 Å². The number of rotatable bonds is 4. The Kier molecular flexibility index (Phi) is 3.14. The second-order valence-electron chi connectivity index (χ2n) is 3.44. The number of hydrogen-bond donors (Lipinski definition) is 1. The van der Waals surface area contributed by atoms with Crippen LogP contribution in [0.15, 0.2) is 10.6 Å². The maximum Gasteiger partial charge on any atom is 0.224 e. The smallest absolute Gasteiger partial charge is 0.224 e. The van der Waals surface area contributed by atoms with Crippen molar-refractivity contribution >= 4 is 5.88 Å². The van der Waals surface area contributed by atoms with Crippen molar-refractivity contribution in [2.75, 3.05) is 11.9 Å². The predicted octanol–water partition coefficient (Wildman–Crippen LogP) is 2.44. The topological polar surface area (TPSA) is 38.1 Å². The molecule has 1 aromatic heterocycles. The zero-order valence-corrected chi connectivity index (χ0v) is 7.92. The standard InChI is InChI=1S/C9H16N2O/c1-7(2)4-5-10-9-6-8(3)11-12-9/h6-7,10H,4-5H2,1-3H3. The van der Waals surface area contributed by atoms with E-state index in [2.05, 4.69) is 24.3 Å². The molecule has 0 aromatic carbocycles. The number of nitrogens with zero attached hydrogens (tertiary/aromatic N) is 1. The van der Waals surface area contributed by atoms with Crippen LogP contribution >= 0.6 is 0 Å². The highest BCUT2D eigenvalue weighted by molar-refractivity contribution is 5.30. The van der Waals surface area contributed by atoms with Gasteiger partial charge in [0.05, 0.1) is 5.69 Å². The summed E-state index contributed by atoms with van der Waals surface area (Å²) in [6.07, 6.45) is 1.15. The van der Waals surface area contributed by atoms with Gasteiger partial charge in [0.25, 0.3) is 0 Å². The van der Waals surface area contributed by atoms with E-state index < -0.39 is 0 Å². The van der Waals surface area contributed by atoms with E-state index in [9.17, 15) is 0 Å². The van der Waals surface area contributed by atoms with Gasteiger partial charge in [0.15, 0.2) is 0 Å². The molecule has 0 spiro atoms. The highest BCUT2D eigenvalue weighted by Crippen LogP contribution is 2.08. The minimum atomic E-state index is 0.724. The first-order valence-electron chi connectivity index (χ1n) is 4.35. The van der Waals surface area contributed by atoms with Crippen molar-refractivity contribution in [2.45, 2.75) is 27.2 Å². The van der Waals surface area contributed by atoms with E-state index in [1.165, 1.54) is 0 Å². The fourth-order valence-electron chi connectivity index (χ4n) is 0.931. The Balaban J connectivity index is 2.24. The highest BCUT2D eigenvalue weighted by atomic mass is 16.5. The van der Waals surface area contributed by atoms with Crippen LogP contribution in [-0.4, -0.2) is 11.7 Å². The van der Waals surface area contributed by atoms with E-state index >= 15 is 0 Å². The average Bonchev–Trinajstić information content (AvgIpc) is 2.35. The van der Waals surface area contributed by atoms with E-state index in [-0.39, 0.29) is 0 Å². The van der Waals surface area contributed by atoms with Gasteiger partial charge in [0.2, 0.25) is 5.88 Å². The molecule has 3 heteroatoms. The van der Waals surface area contributed by atoms with E-state index in [1.807, 2.05) is 13.0 Å². The molecule has 1 heterocycles. The summed E-state index contributed by atoms with van der Waals surface area (Å²) in [6, 6.07) is 1.90. The molecule has 12 heavy (non-hydrogen) atoms. The fraction of sp³-hybridized carbons (Fsp3) is 0.667. The van der Waals surface area contributed by atoms with Gasteiger partial charge in [-0.1, -0.05) is 19.0 Å². The summed E-state index contributed by atoms with van der Waals surface area (Å²) < 4.78 is 4.98. The van der Waals surface area contributed by atoms with Crippen LogP contribution in [0.3, 0.4) is 0 Å². The van der Waals surface area contributed by atoms with Crippen molar-refractivity contribution in [1.82, 2.24) is 5.16 Å². The van der Waals surface area contributed by atoms with Crippen molar-refractivity contribution < 1.29 is 4.52 Å². The van der Waals surface area contributed by atoms with Crippen molar-refractivity contribution in [2.24, 2.45) is 5.92 Å². The van der Waals surface area contributed by atoms with Gasteiger partial charge in [0, 0.05) is 12.6 Å². The normalized spacial score (nSPS) is 10.7. The summed E-state index contributed by atoms with van der Waals surface area (Å²) in [6.45, 7) is 7.27. The van der Waals surface area contributed by atoms with E-state index in [0.717, 1.165) is 30.5 Å². The fourth-order valence-corrected chi connectivity index (χ4v) is 0.931. The molecule has 0 amide bonds. The Hall–Kier alpha value is -0.990. The Morgan fingerprint density at radius 3 is 2.83 bits per heavy atom. The van der Waals surface area contributed by atoms with Crippen LogP contribution in [0.4, 0.5) is 5.88 Å². The lowest BCUT2D eigenvalue weighted by molar-refractivity contribution is 0.425. The Bertz CT molecular complexity index is 230. The minimum Gasteiger partial charge on any atom is -0.354 e. The lowest BCUT2D eigenvalue weighted by atomic mass is 10.1. The number of anilines is 1. The first kappa shape index (κ1) is 9.10. The molecule has 1 N–H and O–H groups in total. The summed E-state index contributed by atoms with van der Waals surface area (Å²) in [7, 11) is 0. The zero-order valence-electron chi connectivity index (χ0n) is 7.92. The molecule has 1 rings (SSSR count). The number of nitrogens with one attached hydrogen (secondary N) is 1. The summed E-state index contributed by atoms with van der Waals surface area (Å²) in [4.78, 5) is 0. The summed E-state index contributed by atoms with van der Waals surface area (Å²) in [5.41, 5.74) is 0.919. The van der Waals surface area contributed by atoms with Crippen LogP contribution in [0.1, 0.15) is 26.0 Å². The van der Waals surface area contributed by atoms with Crippen LogP contribution in [0, 0.1) is 12.8 Å². The van der Waals surface area contributed by atoms with E-state index in [1.54, 1.807) is 0 Å². The number of aromatic nitrogens is 1. The van der Waals surface area contributed by atoms with Gasteiger partial charge in [-0.05, 0) is 19.3 Å². The molecule has 0 fully saturated rings. The molecular weight excluding hydrogens is 152 g/mol. The molecule has 0 saturated carbocycles. The van der Waals surface area contributed by atoms with Crippen LogP contribution in [0.5, 0.6) is 0 Å². The molecule has 0 bridgehead atoms. The molecule has 0 radical (unpaired) electrons. The monoisotopic (exact) mass is 168 g/mol. The molecule has 1 aromatic rings. The van der Waals surface area contributed by atoms with Crippen molar-refractivity contribution in [1.29, 1.82) is 0 Å². The molecular formula is C9H16N2O. The third-order valence-corrected chi connectivity index (χ3v) is 1.65. The van der Waals surface area contributed by atoms with Crippen LogP contribution < -0.4 is 5.32 Å². The number of aryl methyl sites for hydroxylation is 1. The highest BCUT2D eigenvalue weighted by Gasteiger charge is 1.99. The van der Waals surface area contributed by atoms with Gasteiger partial charge in [-0.2, -0.15) is 0 Å². The maximum atomic E-state index is 4.98. The molecule has 0 aliphatic rings. The second kappa shape index (κ2) is 4.14. The van der Waals surface area contributed by atoms with Crippen LogP contribution in [0.2, 0.25) is 0 Å². The predicted molar refractivity (Wildman–Crippen MR) is 49.2 cm³/mol. The maximum absolute atomic E-state index is 4.98. The van der Waals surface area contributed by atoms with Crippen LogP contribution in [0.25, 0.3) is 0 Å². The van der Waals surface area contributed by atoms with Crippen molar-refractivity contribution in [3.8, 4) is 0 Å². The third kappa shape index (κ3) is 2.95. The first-order valence-corrected chi connectivity index (χ1v) is 4.35. The zero-order chi connectivity index (χ0) is 8.97. The van der Waals surface area contributed by atoms with Gasteiger partial charge in [-0.25, -0.2) is 0 Å². The lowest BCUT2D eigenvalue weighted by Gasteiger charge is -2.03. The molecule has 0 unspecified atom stereocenters. The Morgan fingerprint density at radius 2 is 2.33 bits per heavy atom.